The number of hydrogen-bond acceptors (Lipinski definition) is 0. The predicted molar refractivity (Wildman–Crippen MR) is 134 cm³/mol. The normalized spacial score (nSPS) is 12.3. The van der Waals surface area contributed by atoms with Crippen molar-refractivity contribution in [3.8, 4) is 27.9 Å². The maximum Gasteiger partial charge on any atom is 0.123 e. The van der Waals surface area contributed by atoms with Gasteiger partial charge in [0.25, 0.3) is 0 Å². The predicted octanol–water partition coefficient (Wildman–Crippen LogP) is 8.16. The molecule has 0 saturated heterocycles. The van der Waals surface area contributed by atoms with Gasteiger partial charge < -0.3 is 4.57 Å². The molecule has 156 valence electrons. The zero-order valence-electron chi connectivity index (χ0n) is 17.9. The van der Waals surface area contributed by atoms with Crippen LogP contribution in [0.3, 0.4) is 0 Å². The number of nitrogens with zero attached hydrogens (tertiary/aromatic N) is 1. The Bertz CT molecular complexity index is 1690. The summed E-state index contributed by atoms with van der Waals surface area (Å²) >= 11 is 0. The molecule has 0 radical (unpaired) electrons. The Morgan fingerprint density at radius 2 is 1.21 bits per heavy atom. The van der Waals surface area contributed by atoms with E-state index in [2.05, 4.69) is 89.5 Å². The maximum atomic E-state index is 13.9. The molecule has 0 aliphatic heterocycles. The first-order valence-corrected chi connectivity index (χ1v) is 11.3. The lowest BCUT2D eigenvalue weighted by atomic mass is 9.97. The van der Waals surface area contributed by atoms with E-state index in [0.29, 0.717) is 0 Å². The van der Waals surface area contributed by atoms with Crippen molar-refractivity contribution in [3.63, 3.8) is 0 Å². The average molecular weight is 426 g/mol. The number of para-hydroxylation sites is 2. The average Bonchev–Trinajstić information content (AvgIpc) is 3.39. The van der Waals surface area contributed by atoms with Crippen LogP contribution in [-0.4, -0.2) is 4.57 Å². The Balaban J connectivity index is 1.44. The summed E-state index contributed by atoms with van der Waals surface area (Å²) in [5.41, 5.74) is 10.5. The fraction of sp³-hybridized carbons (Fsp3) is 0.0323. The summed E-state index contributed by atoms with van der Waals surface area (Å²) in [5, 5.41) is 2.48. The molecule has 1 aliphatic rings. The van der Waals surface area contributed by atoms with Gasteiger partial charge in [-0.2, -0.15) is 0 Å². The van der Waals surface area contributed by atoms with Gasteiger partial charge in [-0.15, -0.1) is 0 Å². The molecule has 0 bridgehead atoms. The maximum absolute atomic E-state index is 13.9. The molecule has 7 rings (SSSR count). The van der Waals surface area contributed by atoms with Crippen molar-refractivity contribution in [2.24, 2.45) is 0 Å². The van der Waals surface area contributed by atoms with Gasteiger partial charge in [0.05, 0.1) is 11.0 Å². The number of aromatic nitrogens is 1. The molecule has 0 spiro atoms. The molecule has 0 unspecified atom stereocenters. The summed E-state index contributed by atoms with van der Waals surface area (Å²) in [4.78, 5) is 0. The fourth-order valence-corrected chi connectivity index (χ4v) is 5.33. The van der Waals surface area contributed by atoms with E-state index in [4.69, 9.17) is 0 Å². The zero-order valence-corrected chi connectivity index (χ0v) is 17.9. The number of benzene rings is 5. The van der Waals surface area contributed by atoms with Crippen LogP contribution in [0, 0.1) is 5.82 Å². The Morgan fingerprint density at radius 1 is 0.545 bits per heavy atom. The van der Waals surface area contributed by atoms with Crippen LogP contribution in [0.1, 0.15) is 11.1 Å². The summed E-state index contributed by atoms with van der Waals surface area (Å²) in [7, 11) is 0. The van der Waals surface area contributed by atoms with E-state index in [1.807, 2.05) is 12.1 Å². The van der Waals surface area contributed by atoms with E-state index in [0.717, 1.165) is 28.8 Å². The topological polar surface area (TPSA) is 4.93 Å². The lowest BCUT2D eigenvalue weighted by Gasteiger charge is -2.09. The minimum Gasteiger partial charge on any atom is -0.309 e. The molecule has 1 aromatic heterocycles. The van der Waals surface area contributed by atoms with Crippen LogP contribution in [0.2, 0.25) is 0 Å². The van der Waals surface area contributed by atoms with Crippen molar-refractivity contribution in [2.45, 2.75) is 6.42 Å². The minimum absolute atomic E-state index is 0.179. The number of rotatable bonds is 2. The summed E-state index contributed by atoms with van der Waals surface area (Å²) in [6.45, 7) is 0. The largest absolute Gasteiger partial charge is 0.309 e. The molecule has 2 heteroatoms. The second kappa shape index (κ2) is 6.91. The summed E-state index contributed by atoms with van der Waals surface area (Å²) < 4.78 is 16.3. The summed E-state index contributed by atoms with van der Waals surface area (Å²) in [5.74, 6) is -0.179. The molecule has 0 fully saturated rings. The van der Waals surface area contributed by atoms with Gasteiger partial charge in [-0.05, 0) is 88.3 Å². The second-order valence-corrected chi connectivity index (χ2v) is 8.77. The first kappa shape index (κ1) is 18.4. The Morgan fingerprint density at radius 3 is 2.09 bits per heavy atom. The molecular formula is C31H20FN. The minimum atomic E-state index is -0.179. The van der Waals surface area contributed by atoms with Crippen molar-refractivity contribution >= 4 is 21.8 Å². The highest BCUT2D eigenvalue weighted by Crippen LogP contribution is 2.40. The fourth-order valence-electron chi connectivity index (χ4n) is 5.33. The van der Waals surface area contributed by atoms with Gasteiger partial charge in [-0.1, -0.05) is 60.7 Å². The molecule has 33 heavy (non-hydrogen) atoms. The molecule has 5 aromatic carbocycles. The highest BCUT2D eigenvalue weighted by atomic mass is 19.1. The van der Waals surface area contributed by atoms with Crippen LogP contribution in [0.5, 0.6) is 0 Å². The Hall–Kier alpha value is -4.17. The Labute approximate surface area is 191 Å². The van der Waals surface area contributed by atoms with Gasteiger partial charge in [0.15, 0.2) is 0 Å². The van der Waals surface area contributed by atoms with Gasteiger partial charge in [0, 0.05) is 16.5 Å². The monoisotopic (exact) mass is 425 g/mol. The molecule has 1 nitrogen and oxygen atoms in total. The molecule has 0 N–H and O–H groups in total. The van der Waals surface area contributed by atoms with Crippen molar-refractivity contribution in [3.05, 3.63) is 126 Å². The molecule has 6 aromatic rings. The van der Waals surface area contributed by atoms with Gasteiger partial charge in [-0.25, -0.2) is 4.39 Å². The first-order valence-electron chi connectivity index (χ1n) is 11.3. The van der Waals surface area contributed by atoms with Crippen LogP contribution in [0.15, 0.2) is 109 Å². The summed E-state index contributed by atoms with van der Waals surface area (Å²) in [6, 6.07) is 37.5. The molecule has 0 amide bonds. The number of fused-ring (bicyclic) bond motifs is 6. The van der Waals surface area contributed by atoms with Crippen LogP contribution in [0.25, 0.3) is 49.7 Å². The third kappa shape index (κ3) is 2.77. The van der Waals surface area contributed by atoms with Crippen LogP contribution in [-0.2, 0) is 6.42 Å². The SMILES string of the molecule is Fc1ccc2c(c1)-c1cc(-c3ccc4c(c3)c3ccccc3n4-c3ccccc3)ccc1C2. The van der Waals surface area contributed by atoms with E-state index in [1.54, 1.807) is 12.1 Å². The van der Waals surface area contributed by atoms with E-state index < -0.39 is 0 Å². The molecule has 1 heterocycles. The van der Waals surface area contributed by atoms with Gasteiger partial charge >= 0.3 is 0 Å². The third-order valence-electron chi connectivity index (χ3n) is 6.87. The quantitative estimate of drug-likeness (QED) is 0.263. The van der Waals surface area contributed by atoms with Gasteiger partial charge in [0.1, 0.15) is 5.82 Å². The summed E-state index contributed by atoms with van der Waals surface area (Å²) in [6.07, 6.45) is 0.870. The molecule has 0 atom stereocenters. The van der Waals surface area contributed by atoms with Crippen molar-refractivity contribution in [1.82, 2.24) is 4.57 Å². The number of hydrogen-bond donors (Lipinski definition) is 0. The molecular weight excluding hydrogens is 405 g/mol. The van der Waals surface area contributed by atoms with E-state index in [1.165, 1.54) is 38.5 Å². The van der Waals surface area contributed by atoms with E-state index >= 15 is 0 Å². The van der Waals surface area contributed by atoms with Gasteiger partial charge in [0.2, 0.25) is 0 Å². The number of halogens is 1. The molecule has 0 saturated carbocycles. The second-order valence-electron chi connectivity index (χ2n) is 8.77. The zero-order chi connectivity index (χ0) is 21.9. The van der Waals surface area contributed by atoms with Crippen LogP contribution < -0.4 is 0 Å². The van der Waals surface area contributed by atoms with Crippen LogP contribution in [0.4, 0.5) is 4.39 Å². The van der Waals surface area contributed by atoms with Crippen LogP contribution >= 0.6 is 0 Å². The standard InChI is InChI=1S/C31H20FN/c32-24-14-12-23-16-22-11-10-20(17-27(22)28(23)19-24)21-13-15-31-29(18-21)26-8-4-5-9-30(26)33(31)25-6-2-1-3-7-25/h1-15,17-19H,16H2. The van der Waals surface area contributed by atoms with Crippen molar-refractivity contribution in [1.29, 1.82) is 0 Å². The van der Waals surface area contributed by atoms with E-state index in [9.17, 15) is 4.39 Å². The highest BCUT2D eigenvalue weighted by molar-refractivity contribution is 6.10. The molecule has 1 aliphatic carbocycles. The van der Waals surface area contributed by atoms with Crippen molar-refractivity contribution in [2.75, 3.05) is 0 Å². The highest BCUT2D eigenvalue weighted by Gasteiger charge is 2.20. The van der Waals surface area contributed by atoms with E-state index in [-0.39, 0.29) is 5.82 Å². The third-order valence-corrected chi connectivity index (χ3v) is 6.87. The smallest absolute Gasteiger partial charge is 0.123 e. The lowest BCUT2D eigenvalue weighted by Crippen LogP contribution is -1.92. The van der Waals surface area contributed by atoms with Crippen molar-refractivity contribution < 1.29 is 4.39 Å². The Kier molecular flexibility index (Phi) is 3.86. The lowest BCUT2D eigenvalue weighted by molar-refractivity contribution is 0.628. The first-order chi connectivity index (χ1) is 16.3. The van der Waals surface area contributed by atoms with Gasteiger partial charge in [-0.3, -0.25) is 0 Å².